The van der Waals surface area contributed by atoms with Gasteiger partial charge in [0.05, 0.1) is 5.69 Å². The summed E-state index contributed by atoms with van der Waals surface area (Å²) in [4.78, 5) is 22.8. The lowest BCUT2D eigenvalue weighted by atomic mass is 9.93. The van der Waals surface area contributed by atoms with Crippen molar-refractivity contribution in [1.29, 1.82) is 0 Å². The molecule has 1 amide bonds. The van der Waals surface area contributed by atoms with E-state index in [-0.39, 0.29) is 24.7 Å². The molecular formula is C12H14F3N3O3. The number of hydrogen-bond donors (Lipinski definition) is 1. The van der Waals surface area contributed by atoms with Gasteiger partial charge in [0.2, 0.25) is 0 Å². The van der Waals surface area contributed by atoms with Crippen molar-refractivity contribution in [1.82, 2.24) is 14.7 Å². The summed E-state index contributed by atoms with van der Waals surface area (Å²) in [5.41, 5.74) is 0.563. The van der Waals surface area contributed by atoms with Crippen LogP contribution < -0.4 is 0 Å². The number of likely N-dealkylation sites (tertiary alicyclic amines) is 1. The maximum atomic E-state index is 12.3. The van der Waals surface area contributed by atoms with Crippen molar-refractivity contribution in [3.05, 3.63) is 17.5 Å². The highest BCUT2D eigenvalue weighted by atomic mass is 19.4. The van der Waals surface area contributed by atoms with E-state index in [1.54, 1.807) is 0 Å². The highest BCUT2D eigenvalue weighted by Gasteiger charge is 2.43. The van der Waals surface area contributed by atoms with Crippen LogP contribution in [0.1, 0.15) is 34.9 Å². The molecule has 116 valence electrons. The van der Waals surface area contributed by atoms with E-state index >= 15 is 0 Å². The number of aryl methyl sites for hydroxylation is 1. The zero-order valence-electron chi connectivity index (χ0n) is 11.2. The highest BCUT2D eigenvalue weighted by Crippen LogP contribution is 2.29. The number of alkyl halides is 3. The molecule has 21 heavy (non-hydrogen) atoms. The van der Waals surface area contributed by atoms with E-state index in [0.717, 1.165) is 4.90 Å². The Labute approximate surface area is 118 Å². The van der Waals surface area contributed by atoms with Gasteiger partial charge in [-0.2, -0.15) is 18.3 Å². The summed E-state index contributed by atoms with van der Waals surface area (Å²) in [7, 11) is 1.50. The van der Waals surface area contributed by atoms with E-state index in [9.17, 15) is 22.8 Å². The minimum atomic E-state index is -4.85. The van der Waals surface area contributed by atoms with Crippen LogP contribution in [0.15, 0.2) is 6.07 Å². The summed E-state index contributed by atoms with van der Waals surface area (Å²) in [5.74, 6) is -3.07. The summed E-state index contributed by atoms with van der Waals surface area (Å²) in [6.07, 6.45) is -4.19. The normalized spacial score (nSPS) is 17.0. The second kappa shape index (κ2) is 5.38. The van der Waals surface area contributed by atoms with Gasteiger partial charge in [-0.15, -0.1) is 0 Å². The van der Waals surface area contributed by atoms with E-state index in [1.807, 2.05) is 0 Å². The number of rotatable bonds is 2. The lowest BCUT2D eigenvalue weighted by Gasteiger charge is -2.31. The van der Waals surface area contributed by atoms with Gasteiger partial charge in [0.15, 0.2) is 0 Å². The number of amides is 1. The Hall–Kier alpha value is -2.06. The van der Waals surface area contributed by atoms with E-state index in [4.69, 9.17) is 5.11 Å². The van der Waals surface area contributed by atoms with Gasteiger partial charge in [0, 0.05) is 26.1 Å². The van der Waals surface area contributed by atoms with Gasteiger partial charge in [-0.3, -0.25) is 9.48 Å². The van der Waals surface area contributed by atoms with Gasteiger partial charge < -0.3 is 10.0 Å². The fourth-order valence-electron chi connectivity index (χ4n) is 2.45. The molecule has 0 bridgehead atoms. The van der Waals surface area contributed by atoms with Crippen LogP contribution >= 0.6 is 0 Å². The van der Waals surface area contributed by atoms with Crippen LogP contribution in [0.5, 0.6) is 0 Å². The first-order chi connectivity index (χ1) is 9.70. The Morgan fingerprint density at radius 3 is 2.33 bits per heavy atom. The van der Waals surface area contributed by atoms with Crippen LogP contribution in [0, 0.1) is 0 Å². The Bertz CT molecular complexity index is 560. The van der Waals surface area contributed by atoms with Gasteiger partial charge in [0.1, 0.15) is 5.69 Å². The molecule has 1 aromatic rings. The summed E-state index contributed by atoms with van der Waals surface area (Å²) in [6.45, 7) is -0.0238. The maximum absolute atomic E-state index is 12.3. The molecule has 1 N–H and O–H groups in total. The number of carboxylic acid groups (broad SMARTS) is 1. The number of piperidine rings is 1. The molecule has 6 nitrogen and oxygen atoms in total. The zero-order valence-corrected chi connectivity index (χ0v) is 11.2. The summed E-state index contributed by atoms with van der Waals surface area (Å²) in [5, 5.41) is 13.0. The van der Waals surface area contributed by atoms with E-state index in [0.29, 0.717) is 18.5 Å². The molecule has 0 saturated carbocycles. The molecule has 1 saturated heterocycles. The number of carbonyl (C=O) groups excluding carboxylic acids is 1. The second-order valence-corrected chi connectivity index (χ2v) is 4.95. The predicted octanol–water partition coefficient (Wildman–Crippen LogP) is 1.39. The molecular weight excluding hydrogens is 291 g/mol. The number of halogens is 3. The molecule has 0 spiro atoms. The molecule has 2 rings (SSSR count). The third-order valence-corrected chi connectivity index (χ3v) is 3.56. The first-order valence-electron chi connectivity index (χ1n) is 6.33. The van der Waals surface area contributed by atoms with Crippen LogP contribution in [-0.2, 0) is 11.8 Å². The summed E-state index contributed by atoms with van der Waals surface area (Å²) < 4.78 is 38.2. The molecule has 0 atom stereocenters. The average Bonchev–Trinajstić information content (AvgIpc) is 2.79. The van der Waals surface area contributed by atoms with Crippen LogP contribution in [0.3, 0.4) is 0 Å². The van der Waals surface area contributed by atoms with Gasteiger partial charge >= 0.3 is 18.1 Å². The summed E-state index contributed by atoms with van der Waals surface area (Å²) in [6, 6.07) is 1.42. The van der Waals surface area contributed by atoms with Crippen molar-refractivity contribution in [2.45, 2.75) is 24.9 Å². The van der Waals surface area contributed by atoms with Crippen molar-refractivity contribution < 1.29 is 27.9 Å². The minimum Gasteiger partial charge on any atom is -0.477 e. The molecule has 1 aromatic heterocycles. The zero-order chi connectivity index (χ0) is 15.8. The fraction of sp³-hybridized carbons (Fsp3) is 0.583. The quantitative estimate of drug-likeness (QED) is 0.896. The third kappa shape index (κ3) is 3.17. The van der Waals surface area contributed by atoms with Crippen LogP contribution in [0.4, 0.5) is 13.2 Å². The monoisotopic (exact) mass is 305 g/mol. The molecule has 2 heterocycles. The Morgan fingerprint density at radius 1 is 1.33 bits per heavy atom. The summed E-state index contributed by atoms with van der Waals surface area (Å²) >= 11 is 0. The molecule has 1 fully saturated rings. The predicted molar refractivity (Wildman–Crippen MR) is 64.8 cm³/mol. The van der Waals surface area contributed by atoms with Crippen molar-refractivity contribution in [2.24, 2.45) is 7.05 Å². The molecule has 0 aromatic carbocycles. The topological polar surface area (TPSA) is 75.4 Å². The van der Waals surface area contributed by atoms with E-state index < -0.39 is 18.1 Å². The van der Waals surface area contributed by atoms with Crippen LogP contribution in [-0.4, -0.2) is 50.9 Å². The Kier molecular flexibility index (Phi) is 3.93. The van der Waals surface area contributed by atoms with Crippen molar-refractivity contribution in [3.63, 3.8) is 0 Å². The number of aromatic nitrogens is 2. The SMILES string of the molecule is Cn1nc(C2CCN(C(=O)C(F)(F)F)CC2)cc1C(=O)O. The minimum absolute atomic E-state index is 0.0119. The Balaban J connectivity index is 2.03. The fourth-order valence-corrected chi connectivity index (χ4v) is 2.45. The lowest BCUT2D eigenvalue weighted by Crippen LogP contribution is -2.45. The first kappa shape index (κ1) is 15.3. The molecule has 0 radical (unpaired) electrons. The number of hydrogen-bond acceptors (Lipinski definition) is 3. The molecule has 9 heteroatoms. The number of carbonyl (C=O) groups is 2. The molecule has 0 unspecified atom stereocenters. The van der Waals surface area contributed by atoms with Gasteiger partial charge in [-0.1, -0.05) is 0 Å². The van der Waals surface area contributed by atoms with Crippen LogP contribution in [0.25, 0.3) is 0 Å². The third-order valence-electron chi connectivity index (χ3n) is 3.56. The van der Waals surface area contributed by atoms with Gasteiger partial charge in [0.25, 0.3) is 0 Å². The number of nitrogens with zero attached hydrogens (tertiary/aromatic N) is 3. The first-order valence-corrected chi connectivity index (χ1v) is 6.33. The molecule has 1 aliphatic heterocycles. The number of aromatic carboxylic acids is 1. The van der Waals surface area contributed by atoms with Gasteiger partial charge in [-0.05, 0) is 18.9 Å². The van der Waals surface area contributed by atoms with Crippen molar-refractivity contribution >= 4 is 11.9 Å². The van der Waals surface area contributed by atoms with E-state index in [2.05, 4.69) is 5.10 Å². The smallest absolute Gasteiger partial charge is 0.471 e. The largest absolute Gasteiger partial charge is 0.477 e. The molecule has 1 aliphatic rings. The maximum Gasteiger partial charge on any atom is 0.471 e. The lowest BCUT2D eigenvalue weighted by molar-refractivity contribution is -0.186. The standard InChI is InChI=1S/C12H14F3N3O3/c1-17-9(10(19)20)6-8(16-17)7-2-4-18(5-3-7)11(21)12(13,14)15/h6-7H,2-5H2,1H3,(H,19,20). The average molecular weight is 305 g/mol. The Morgan fingerprint density at radius 2 is 1.90 bits per heavy atom. The number of carboxylic acids is 1. The van der Waals surface area contributed by atoms with Crippen LogP contribution in [0.2, 0.25) is 0 Å². The highest BCUT2D eigenvalue weighted by molar-refractivity contribution is 5.85. The second-order valence-electron chi connectivity index (χ2n) is 4.95. The van der Waals surface area contributed by atoms with Gasteiger partial charge in [-0.25, -0.2) is 4.79 Å². The molecule has 0 aliphatic carbocycles. The van der Waals surface area contributed by atoms with Crippen molar-refractivity contribution in [2.75, 3.05) is 13.1 Å². The van der Waals surface area contributed by atoms with E-state index in [1.165, 1.54) is 17.8 Å². The van der Waals surface area contributed by atoms with Crippen molar-refractivity contribution in [3.8, 4) is 0 Å².